The lowest BCUT2D eigenvalue weighted by molar-refractivity contribution is 0.945. The Kier molecular flexibility index (Phi) is 1.86. The van der Waals surface area contributed by atoms with E-state index in [1.54, 1.807) is 0 Å². The van der Waals surface area contributed by atoms with Crippen molar-refractivity contribution in [1.82, 2.24) is 15.4 Å². The van der Waals surface area contributed by atoms with E-state index in [1.807, 2.05) is 24.3 Å². The number of aromatic nitrogens is 3. The van der Waals surface area contributed by atoms with Crippen LogP contribution in [0.15, 0.2) is 42.5 Å². The first kappa shape index (κ1) is 8.91. The van der Waals surface area contributed by atoms with Crippen LogP contribution in [-0.4, -0.2) is 15.4 Å². The first-order chi connectivity index (χ1) is 7.86. The van der Waals surface area contributed by atoms with Gasteiger partial charge < -0.3 is 5.73 Å². The van der Waals surface area contributed by atoms with Gasteiger partial charge in [0, 0.05) is 5.56 Å². The highest BCUT2D eigenvalue weighted by Gasteiger charge is 2.09. The molecule has 3 aromatic rings. The summed E-state index contributed by atoms with van der Waals surface area (Å²) < 4.78 is 0. The fourth-order valence-electron chi connectivity index (χ4n) is 1.87. The Bertz CT molecular complexity index is 637. The van der Waals surface area contributed by atoms with Crippen molar-refractivity contribution < 1.29 is 0 Å². The molecular formula is C12H10N4. The van der Waals surface area contributed by atoms with Crippen LogP contribution in [0.4, 0.5) is 5.82 Å². The van der Waals surface area contributed by atoms with Crippen molar-refractivity contribution in [3.05, 3.63) is 42.5 Å². The van der Waals surface area contributed by atoms with E-state index in [-0.39, 0.29) is 0 Å². The van der Waals surface area contributed by atoms with E-state index in [0.717, 1.165) is 10.9 Å². The molecule has 0 bridgehead atoms. The molecule has 3 rings (SSSR count). The summed E-state index contributed by atoms with van der Waals surface area (Å²) >= 11 is 0. The average molecular weight is 210 g/mol. The Morgan fingerprint density at radius 3 is 2.62 bits per heavy atom. The Labute approximate surface area is 92.1 Å². The molecule has 1 aromatic heterocycles. The number of nitrogens with zero attached hydrogens (tertiary/aromatic N) is 2. The van der Waals surface area contributed by atoms with Crippen LogP contribution in [-0.2, 0) is 0 Å². The van der Waals surface area contributed by atoms with E-state index in [0.29, 0.717) is 11.5 Å². The topological polar surface area (TPSA) is 67.6 Å². The third-order valence-electron chi connectivity index (χ3n) is 2.62. The highest BCUT2D eigenvalue weighted by atomic mass is 15.3. The van der Waals surface area contributed by atoms with Crippen LogP contribution >= 0.6 is 0 Å². The number of anilines is 1. The van der Waals surface area contributed by atoms with E-state index in [9.17, 15) is 0 Å². The van der Waals surface area contributed by atoms with Crippen molar-refractivity contribution in [2.45, 2.75) is 0 Å². The molecule has 0 fully saturated rings. The summed E-state index contributed by atoms with van der Waals surface area (Å²) in [6.07, 6.45) is 0. The number of fused-ring (bicyclic) bond motifs is 1. The maximum Gasteiger partial charge on any atom is 0.147 e. The minimum atomic E-state index is 0.497. The minimum absolute atomic E-state index is 0.497. The standard InChI is InChI=1S/C12H10N4/c13-12-11(14-16-15-12)10-7-3-5-8-4-1-2-6-9(8)10/h1-7H,(H3,13,14,15,16). The van der Waals surface area contributed by atoms with Gasteiger partial charge in [-0.05, 0) is 10.8 Å². The largest absolute Gasteiger partial charge is 0.382 e. The van der Waals surface area contributed by atoms with Crippen LogP contribution in [0, 0.1) is 0 Å². The third-order valence-corrected chi connectivity index (χ3v) is 2.62. The molecule has 0 spiro atoms. The molecule has 0 radical (unpaired) electrons. The second-order valence-electron chi connectivity index (χ2n) is 3.60. The lowest BCUT2D eigenvalue weighted by atomic mass is 10.0. The van der Waals surface area contributed by atoms with E-state index < -0.39 is 0 Å². The highest BCUT2D eigenvalue weighted by molar-refractivity contribution is 5.97. The quantitative estimate of drug-likeness (QED) is 0.647. The molecule has 0 aliphatic rings. The van der Waals surface area contributed by atoms with Crippen molar-refractivity contribution in [2.75, 3.05) is 5.73 Å². The molecule has 78 valence electrons. The smallest absolute Gasteiger partial charge is 0.147 e. The lowest BCUT2D eigenvalue weighted by Crippen LogP contribution is -1.89. The number of hydrogen-bond acceptors (Lipinski definition) is 3. The molecule has 4 nitrogen and oxygen atoms in total. The second-order valence-corrected chi connectivity index (χ2v) is 3.60. The normalized spacial score (nSPS) is 10.8. The van der Waals surface area contributed by atoms with Crippen molar-refractivity contribution in [3.63, 3.8) is 0 Å². The summed E-state index contributed by atoms with van der Waals surface area (Å²) in [5, 5.41) is 12.7. The van der Waals surface area contributed by atoms with Gasteiger partial charge in [0.15, 0.2) is 0 Å². The lowest BCUT2D eigenvalue weighted by Gasteiger charge is -2.03. The molecule has 0 saturated heterocycles. The molecule has 3 N–H and O–H groups in total. The number of nitrogens with two attached hydrogens (primary N) is 1. The molecule has 0 unspecified atom stereocenters. The fourth-order valence-corrected chi connectivity index (χ4v) is 1.87. The third kappa shape index (κ3) is 1.24. The first-order valence-electron chi connectivity index (χ1n) is 5.01. The minimum Gasteiger partial charge on any atom is -0.382 e. The summed E-state index contributed by atoms with van der Waals surface area (Å²) in [4.78, 5) is 0. The zero-order chi connectivity index (χ0) is 11.0. The van der Waals surface area contributed by atoms with Gasteiger partial charge in [-0.3, -0.25) is 0 Å². The Morgan fingerprint density at radius 2 is 1.81 bits per heavy atom. The monoisotopic (exact) mass is 210 g/mol. The summed E-state index contributed by atoms with van der Waals surface area (Å²) in [5.74, 6) is 0.497. The molecular weight excluding hydrogens is 200 g/mol. The summed E-state index contributed by atoms with van der Waals surface area (Å²) in [6, 6.07) is 14.2. The van der Waals surface area contributed by atoms with Crippen LogP contribution in [0.2, 0.25) is 0 Å². The SMILES string of the molecule is Nc1[nH]nnc1-c1cccc2ccccc12. The maximum absolute atomic E-state index is 5.78. The first-order valence-corrected chi connectivity index (χ1v) is 5.01. The van der Waals surface area contributed by atoms with Gasteiger partial charge in [-0.15, -0.1) is 5.10 Å². The van der Waals surface area contributed by atoms with Crippen molar-refractivity contribution in [2.24, 2.45) is 0 Å². The van der Waals surface area contributed by atoms with Crippen LogP contribution < -0.4 is 5.73 Å². The van der Waals surface area contributed by atoms with E-state index in [4.69, 9.17) is 5.73 Å². The van der Waals surface area contributed by atoms with Gasteiger partial charge in [-0.25, -0.2) is 5.10 Å². The molecule has 2 aromatic carbocycles. The number of aromatic amines is 1. The van der Waals surface area contributed by atoms with E-state index in [1.165, 1.54) is 5.39 Å². The zero-order valence-corrected chi connectivity index (χ0v) is 8.51. The van der Waals surface area contributed by atoms with E-state index in [2.05, 4.69) is 33.6 Å². The van der Waals surface area contributed by atoms with Crippen LogP contribution in [0.3, 0.4) is 0 Å². The number of H-pyrrole nitrogens is 1. The molecule has 1 heterocycles. The van der Waals surface area contributed by atoms with Crippen LogP contribution in [0.5, 0.6) is 0 Å². The fraction of sp³-hybridized carbons (Fsp3) is 0. The molecule has 0 saturated carbocycles. The van der Waals surface area contributed by atoms with Gasteiger partial charge in [-0.2, -0.15) is 0 Å². The van der Waals surface area contributed by atoms with Crippen LogP contribution in [0.25, 0.3) is 22.0 Å². The predicted octanol–water partition coefficient (Wildman–Crippen LogP) is 2.21. The molecule has 0 aliphatic heterocycles. The van der Waals surface area contributed by atoms with E-state index >= 15 is 0 Å². The molecule has 0 atom stereocenters. The number of hydrogen-bond donors (Lipinski definition) is 2. The number of nitrogen functional groups attached to an aromatic ring is 1. The van der Waals surface area contributed by atoms with Crippen molar-refractivity contribution >= 4 is 16.6 Å². The summed E-state index contributed by atoms with van der Waals surface area (Å²) in [7, 11) is 0. The van der Waals surface area contributed by atoms with Gasteiger partial charge >= 0.3 is 0 Å². The van der Waals surface area contributed by atoms with Gasteiger partial charge in [0.25, 0.3) is 0 Å². The Balaban J connectivity index is 2.36. The number of nitrogens with one attached hydrogen (secondary N) is 1. The Hall–Kier alpha value is -2.36. The predicted molar refractivity (Wildman–Crippen MR) is 63.7 cm³/mol. The summed E-state index contributed by atoms with van der Waals surface area (Å²) in [6.45, 7) is 0. The van der Waals surface area contributed by atoms with Crippen molar-refractivity contribution in [3.8, 4) is 11.3 Å². The van der Waals surface area contributed by atoms with Crippen molar-refractivity contribution in [1.29, 1.82) is 0 Å². The summed E-state index contributed by atoms with van der Waals surface area (Å²) in [5.41, 5.74) is 7.49. The molecule has 0 amide bonds. The van der Waals surface area contributed by atoms with Crippen LogP contribution in [0.1, 0.15) is 0 Å². The Morgan fingerprint density at radius 1 is 1.00 bits per heavy atom. The number of rotatable bonds is 1. The van der Waals surface area contributed by atoms with Gasteiger partial charge in [0.1, 0.15) is 11.5 Å². The zero-order valence-electron chi connectivity index (χ0n) is 8.51. The van der Waals surface area contributed by atoms with Gasteiger partial charge in [0.2, 0.25) is 0 Å². The highest BCUT2D eigenvalue weighted by Crippen LogP contribution is 2.29. The van der Waals surface area contributed by atoms with Gasteiger partial charge in [0.05, 0.1) is 0 Å². The number of benzene rings is 2. The average Bonchev–Trinajstić information content (AvgIpc) is 2.75. The molecule has 4 heteroatoms. The molecule has 0 aliphatic carbocycles. The molecule has 16 heavy (non-hydrogen) atoms. The maximum atomic E-state index is 5.78. The second kappa shape index (κ2) is 3.34. The van der Waals surface area contributed by atoms with Gasteiger partial charge in [-0.1, -0.05) is 47.7 Å².